The quantitative estimate of drug-likeness (QED) is 0.723. The van der Waals surface area contributed by atoms with Crippen molar-refractivity contribution >= 4 is 29.1 Å². The summed E-state index contributed by atoms with van der Waals surface area (Å²) in [7, 11) is 0. The van der Waals surface area contributed by atoms with E-state index in [9.17, 15) is 4.79 Å². The molecule has 0 fully saturated rings. The normalized spacial score (nSPS) is 10.8. The summed E-state index contributed by atoms with van der Waals surface area (Å²) >= 11 is 11.9. The molecule has 0 atom stereocenters. The van der Waals surface area contributed by atoms with Crippen LogP contribution in [0.3, 0.4) is 0 Å². The van der Waals surface area contributed by atoms with Crippen LogP contribution in [0.15, 0.2) is 18.2 Å². The minimum absolute atomic E-state index is 0.0933. The van der Waals surface area contributed by atoms with Crippen molar-refractivity contribution < 1.29 is 4.79 Å². The summed E-state index contributed by atoms with van der Waals surface area (Å²) in [5.74, 6) is 0.578. The Morgan fingerprint density at radius 2 is 2.00 bits per heavy atom. The van der Waals surface area contributed by atoms with Crippen molar-refractivity contribution in [2.24, 2.45) is 5.92 Å². The first-order valence-electron chi connectivity index (χ1n) is 6.90. The molecule has 1 rings (SSSR count). The fourth-order valence-electron chi connectivity index (χ4n) is 1.68. The van der Waals surface area contributed by atoms with Crippen molar-refractivity contribution in [3.63, 3.8) is 0 Å². The third-order valence-electron chi connectivity index (χ3n) is 2.82. The smallest absolute Gasteiger partial charge is 0.221 e. The Kier molecular flexibility index (Phi) is 7.97. The maximum absolute atomic E-state index is 11.5. The third-order valence-corrected chi connectivity index (χ3v) is 3.41. The van der Waals surface area contributed by atoms with Crippen LogP contribution in [0.4, 0.5) is 0 Å². The van der Waals surface area contributed by atoms with E-state index in [2.05, 4.69) is 24.5 Å². The van der Waals surface area contributed by atoms with Gasteiger partial charge in [0.1, 0.15) is 0 Å². The van der Waals surface area contributed by atoms with Crippen LogP contribution in [0.5, 0.6) is 0 Å². The van der Waals surface area contributed by atoms with Crippen LogP contribution >= 0.6 is 23.2 Å². The predicted octanol–water partition coefficient (Wildman–Crippen LogP) is 3.29. The molecule has 20 heavy (non-hydrogen) atoms. The molecule has 1 aromatic carbocycles. The van der Waals surface area contributed by atoms with Crippen molar-refractivity contribution in [3.05, 3.63) is 33.8 Å². The van der Waals surface area contributed by atoms with E-state index < -0.39 is 0 Å². The van der Waals surface area contributed by atoms with E-state index in [-0.39, 0.29) is 5.91 Å². The number of nitrogens with one attached hydrogen (secondary N) is 2. The monoisotopic (exact) mass is 316 g/mol. The van der Waals surface area contributed by atoms with Crippen LogP contribution in [0.2, 0.25) is 10.0 Å². The summed E-state index contributed by atoms with van der Waals surface area (Å²) in [5, 5.41) is 7.47. The molecular formula is C15H22Cl2N2O. The summed E-state index contributed by atoms with van der Waals surface area (Å²) in [6, 6.07) is 5.52. The van der Waals surface area contributed by atoms with Crippen molar-refractivity contribution in [2.45, 2.75) is 26.7 Å². The Labute approximate surface area is 131 Å². The largest absolute Gasteiger partial charge is 0.356 e. The number of hydrogen-bond donors (Lipinski definition) is 2. The first-order valence-corrected chi connectivity index (χ1v) is 7.66. The molecule has 0 unspecified atom stereocenters. The maximum Gasteiger partial charge on any atom is 0.221 e. The molecule has 3 nitrogen and oxygen atoms in total. The van der Waals surface area contributed by atoms with Gasteiger partial charge in [0, 0.05) is 29.6 Å². The van der Waals surface area contributed by atoms with E-state index in [0.717, 1.165) is 25.1 Å². The predicted molar refractivity (Wildman–Crippen MR) is 85.5 cm³/mol. The molecule has 0 aliphatic heterocycles. The summed E-state index contributed by atoms with van der Waals surface area (Å²) in [4.78, 5) is 11.5. The number of benzene rings is 1. The molecule has 112 valence electrons. The van der Waals surface area contributed by atoms with Gasteiger partial charge in [-0.25, -0.2) is 0 Å². The number of amides is 1. The van der Waals surface area contributed by atoms with Gasteiger partial charge in [-0.2, -0.15) is 0 Å². The number of hydrogen-bond acceptors (Lipinski definition) is 2. The minimum Gasteiger partial charge on any atom is -0.356 e. The molecule has 0 heterocycles. The first-order chi connectivity index (χ1) is 9.49. The fraction of sp³-hybridized carbons (Fsp3) is 0.533. The lowest BCUT2D eigenvalue weighted by molar-refractivity contribution is -0.121. The SMILES string of the molecule is CC(C)CNC(=O)CCNCCc1ccc(Cl)cc1Cl. The van der Waals surface area contributed by atoms with Crippen LogP contribution in [-0.2, 0) is 11.2 Å². The van der Waals surface area contributed by atoms with Crippen LogP contribution < -0.4 is 10.6 Å². The summed E-state index contributed by atoms with van der Waals surface area (Å²) < 4.78 is 0. The second kappa shape index (κ2) is 9.22. The van der Waals surface area contributed by atoms with Gasteiger partial charge in [-0.3, -0.25) is 4.79 Å². The number of rotatable bonds is 8. The molecule has 1 amide bonds. The molecule has 0 saturated heterocycles. The van der Waals surface area contributed by atoms with Crippen LogP contribution in [-0.4, -0.2) is 25.5 Å². The third kappa shape index (κ3) is 7.13. The van der Waals surface area contributed by atoms with Crippen molar-refractivity contribution in [1.29, 1.82) is 0 Å². The topological polar surface area (TPSA) is 41.1 Å². The number of carbonyl (C=O) groups excluding carboxylic acids is 1. The van der Waals surface area contributed by atoms with E-state index in [0.29, 0.717) is 28.9 Å². The Balaban J connectivity index is 2.14. The summed E-state index contributed by atoms with van der Waals surface area (Å²) in [6.45, 7) is 6.36. The van der Waals surface area contributed by atoms with Gasteiger partial charge in [0.05, 0.1) is 0 Å². The molecule has 0 radical (unpaired) electrons. The van der Waals surface area contributed by atoms with E-state index in [1.807, 2.05) is 12.1 Å². The Hall–Kier alpha value is -0.770. The van der Waals surface area contributed by atoms with Gasteiger partial charge in [-0.15, -0.1) is 0 Å². The average Bonchev–Trinajstić information content (AvgIpc) is 2.38. The van der Waals surface area contributed by atoms with E-state index in [1.54, 1.807) is 6.07 Å². The molecule has 0 bridgehead atoms. The number of carbonyl (C=O) groups is 1. The Bertz CT molecular complexity index is 436. The lowest BCUT2D eigenvalue weighted by Crippen LogP contribution is -2.30. The van der Waals surface area contributed by atoms with Gasteiger partial charge >= 0.3 is 0 Å². The summed E-state index contributed by atoms with van der Waals surface area (Å²) in [5.41, 5.74) is 1.06. The second-order valence-corrected chi connectivity index (χ2v) is 6.03. The molecular weight excluding hydrogens is 295 g/mol. The standard InChI is InChI=1S/C15H22Cl2N2O/c1-11(2)10-19-15(20)6-8-18-7-5-12-3-4-13(16)9-14(12)17/h3-4,9,11,18H,5-8,10H2,1-2H3,(H,19,20). The molecule has 1 aromatic rings. The molecule has 0 saturated carbocycles. The second-order valence-electron chi connectivity index (χ2n) is 5.18. The van der Waals surface area contributed by atoms with E-state index in [4.69, 9.17) is 23.2 Å². The van der Waals surface area contributed by atoms with Gasteiger partial charge in [0.2, 0.25) is 5.91 Å². The minimum atomic E-state index is 0.0933. The van der Waals surface area contributed by atoms with Gasteiger partial charge in [-0.1, -0.05) is 43.1 Å². The molecule has 0 spiro atoms. The average molecular weight is 317 g/mol. The highest BCUT2D eigenvalue weighted by molar-refractivity contribution is 6.35. The van der Waals surface area contributed by atoms with Gasteiger partial charge < -0.3 is 10.6 Å². The molecule has 0 aromatic heterocycles. The highest BCUT2D eigenvalue weighted by Crippen LogP contribution is 2.20. The summed E-state index contributed by atoms with van der Waals surface area (Å²) in [6.07, 6.45) is 1.32. The van der Waals surface area contributed by atoms with Gasteiger partial charge in [0.15, 0.2) is 0 Å². The van der Waals surface area contributed by atoms with Crippen LogP contribution in [0.25, 0.3) is 0 Å². The van der Waals surface area contributed by atoms with Crippen molar-refractivity contribution in [2.75, 3.05) is 19.6 Å². The van der Waals surface area contributed by atoms with Crippen molar-refractivity contribution in [3.8, 4) is 0 Å². The van der Waals surface area contributed by atoms with E-state index >= 15 is 0 Å². The first kappa shape index (κ1) is 17.3. The Morgan fingerprint density at radius 3 is 2.65 bits per heavy atom. The van der Waals surface area contributed by atoms with E-state index in [1.165, 1.54) is 0 Å². The lowest BCUT2D eigenvalue weighted by atomic mass is 10.1. The van der Waals surface area contributed by atoms with Crippen LogP contribution in [0, 0.1) is 5.92 Å². The lowest BCUT2D eigenvalue weighted by Gasteiger charge is -2.09. The number of halogens is 2. The molecule has 0 aliphatic rings. The van der Waals surface area contributed by atoms with Crippen molar-refractivity contribution in [1.82, 2.24) is 10.6 Å². The fourth-order valence-corrected chi connectivity index (χ4v) is 2.18. The highest BCUT2D eigenvalue weighted by atomic mass is 35.5. The molecule has 2 N–H and O–H groups in total. The molecule has 0 aliphatic carbocycles. The highest BCUT2D eigenvalue weighted by Gasteiger charge is 2.03. The Morgan fingerprint density at radius 1 is 1.25 bits per heavy atom. The van der Waals surface area contributed by atoms with Gasteiger partial charge in [0.25, 0.3) is 0 Å². The maximum atomic E-state index is 11.5. The zero-order valence-corrected chi connectivity index (χ0v) is 13.5. The van der Waals surface area contributed by atoms with Crippen LogP contribution in [0.1, 0.15) is 25.8 Å². The van der Waals surface area contributed by atoms with Gasteiger partial charge in [-0.05, 0) is 36.6 Å². The zero-order valence-electron chi connectivity index (χ0n) is 12.0. The molecule has 5 heteroatoms. The zero-order chi connectivity index (χ0) is 15.0.